The first kappa shape index (κ1) is 13.9. The molecule has 0 radical (unpaired) electrons. The number of hydrogen-bond acceptors (Lipinski definition) is 2. The van der Waals surface area contributed by atoms with Crippen molar-refractivity contribution >= 4 is 0 Å². The molecular formula is C16H28N2. The molecule has 2 aliphatic rings. The first-order valence-corrected chi connectivity index (χ1v) is 7.75. The Bertz CT molecular complexity index is 316. The van der Waals surface area contributed by atoms with Crippen LogP contribution in [0.5, 0.6) is 0 Å². The second-order valence-electron chi connectivity index (χ2n) is 6.88. The number of rotatable bonds is 3. The van der Waals surface area contributed by atoms with Gasteiger partial charge < -0.3 is 0 Å². The first-order valence-electron chi connectivity index (χ1n) is 7.75. The topological polar surface area (TPSA) is 27.0 Å². The molecule has 1 heterocycles. The highest BCUT2D eigenvalue weighted by molar-refractivity contribution is 5.02. The maximum atomic E-state index is 9.43. The van der Waals surface area contributed by atoms with E-state index in [4.69, 9.17) is 0 Å². The van der Waals surface area contributed by atoms with Crippen molar-refractivity contribution in [2.75, 3.05) is 6.54 Å². The van der Waals surface area contributed by atoms with Gasteiger partial charge in [-0.05, 0) is 58.4 Å². The van der Waals surface area contributed by atoms with Crippen LogP contribution in [0, 0.1) is 23.2 Å². The standard InChI is InChI=1S/C16H28N2/c1-4-6-13-7-8-14(12-17)15(11-13)18-10-5-9-16(18,2)3/h13-15H,4-11H2,1-3H3. The second-order valence-corrected chi connectivity index (χ2v) is 6.88. The molecule has 2 rings (SSSR count). The zero-order valence-electron chi connectivity index (χ0n) is 12.3. The van der Waals surface area contributed by atoms with E-state index >= 15 is 0 Å². The van der Waals surface area contributed by atoms with E-state index in [0.29, 0.717) is 11.6 Å². The fraction of sp³-hybridized carbons (Fsp3) is 0.938. The Labute approximate surface area is 112 Å². The van der Waals surface area contributed by atoms with Gasteiger partial charge in [0.2, 0.25) is 0 Å². The van der Waals surface area contributed by atoms with Gasteiger partial charge in [0.05, 0.1) is 12.0 Å². The predicted octanol–water partition coefficient (Wildman–Crippen LogP) is 3.97. The monoisotopic (exact) mass is 248 g/mol. The minimum Gasteiger partial charge on any atom is -0.294 e. The Morgan fingerprint density at radius 3 is 2.67 bits per heavy atom. The zero-order valence-corrected chi connectivity index (χ0v) is 12.3. The van der Waals surface area contributed by atoms with Gasteiger partial charge in [0.1, 0.15) is 0 Å². The van der Waals surface area contributed by atoms with E-state index < -0.39 is 0 Å². The normalized spacial score (nSPS) is 36.4. The minimum absolute atomic E-state index is 0.274. The van der Waals surface area contributed by atoms with E-state index in [0.717, 1.165) is 12.3 Å². The summed E-state index contributed by atoms with van der Waals surface area (Å²) in [6.07, 6.45) is 8.89. The highest BCUT2D eigenvalue weighted by Crippen LogP contribution is 2.40. The average molecular weight is 248 g/mol. The molecule has 0 aromatic rings. The number of likely N-dealkylation sites (tertiary alicyclic amines) is 1. The van der Waals surface area contributed by atoms with Crippen molar-refractivity contribution in [1.29, 1.82) is 5.26 Å². The van der Waals surface area contributed by atoms with Crippen LogP contribution in [0.4, 0.5) is 0 Å². The van der Waals surface area contributed by atoms with Gasteiger partial charge in [-0.1, -0.05) is 19.8 Å². The third-order valence-corrected chi connectivity index (χ3v) is 5.15. The Kier molecular flexibility index (Phi) is 4.33. The van der Waals surface area contributed by atoms with Crippen molar-refractivity contribution in [3.05, 3.63) is 0 Å². The van der Waals surface area contributed by atoms with Crippen LogP contribution in [0.2, 0.25) is 0 Å². The zero-order chi connectivity index (χ0) is 13.2. The van der Waals surface area contributed by atoms with Crippen molar-refractivity contribution in [2.24, 2.45) is 11.8 Å². The van der Waals surface area contributed by atoms with Crippen LogP contribution in [0.1, 0.15) is 65.7 Å². The van der Waals surface area contributed by atoms with Gasteiger partial charge in [-0.2, -0.15) is 5.26 Å². The molecule has 3 unspecified atom stereocenters. The number of hydrogen-bond donors (Lipinski definition) is 0. The summed E-state index contributed by atoms with van der Waals surface area (Å²) in [6.45, 7) is 8.20. The summed E-state index contributed by atoms with van der Waals surface area (Å²) < 4.78 is 0. The van der Waals surface area contributed by atoms with Gasteiger partial charge in [0.15, 0.2) is 0 Å². The summed E-state index contributed by atoms with van der Waals surface area (Å²) in [4.78, 5) is 2.66. The molecule has 0 aromatic carbocycles. The predicted molar refractivity (Wildman–Crippen MR) is 75.2 cm³/mol. The molecule has 2 fully saturated rings. The SMILES string of the molecule is CCCC1CCC(C#N)C(N2CCCC2(C)C)C1. The van der Waals surface area contributed by atoms with Crippen molar-refractivity contribution in [3.63, 3.8) is 0 Å². The van der Waals surface area contributed by atoms with Crippen molar-refractivity contribution in [3.8, 4) is 6.07 Å². The van der Waals surface area contributed by atoms with Gasteiger partial charge >= 0.3 is 0 Å². The maximum absolute atomic E-state index is 9.43. The fourth-order valence-corrected chi connectivity index (χ4v) is 4.14. The van der Waals surface area contributed by atoms with Crippen LogP contribution in [-0.4, -0.2) is 23.0 Å². The van der Waals surface area contributed by atoms with E-state index in [1.54, 1.807) is 0 Å². The molecule has 0 aromatic heterocycles. The van der Waals surface area contributed by atoms with Crippen LogP contribution in [0.3, 0.4) is 0 Å². The molecule has 2 heteroatoms. The fourth-order valence-electron chi connectivity index (χ4n) is 4.14. The van der Waals surface area contributed by atoms with Gasteiger partial charge in [-0.15, -0.1) is 0 Å². The van der Waals surface area contributed by atoms with Crippen LogP contribution in [0.25, 0.3) is 0 Å². The molecule has 0 N–H and O–H groups in total. The van der Waals surface area contributed by atoms with E-state index in [1.165, 1.54) is 45.1 Å². The summed E-state index contributed by atoms with van der Waals surface area (Å²) in [5.41, 5.74) is 0.313. The van der Waals surface area contributed by atoms with Crippen LogP contribution in [0.15, 0.2) is 0 Å². The quantitative estimate of drug-likeness (QED) is 0.755. The van der Waals surface area contributed by atoms with Gasteiger partial charge in [0, 0.05) is 11.6 Å². The molecule has 1 saturated heterocycles. The van der Waals surface area contributed by atoms with E-state index in [-0.39, 0.29) is 5.92 Å². The lowest BCUT2D eigenvalue weighted by Gasteiger charge is -2.44. The average Bonchev–Trinajstić information content (AvgIpc) is 2.69. The Hall–Kier alpha value is -0.550. The van der Waals surface area contributed by atoms with Crippen LogP contribution < -0.4 is 0 Å². The van der Waals surface area contributed by atoms with Crippen LogP contribution >= 0.6 is 0 Å². The lowest BCUT2D eigenvalue weighted by molar-refractivity contribution is 0.0492. The van der Waals surface area contributed by atoms with Crippen molar-refractivity contribution < 1.29 is 0 Å². The highest BCUT2D eigenvalue weighted by atomic mass is 15.2. The third-order valence-electron chi connectivity index (χ3n) is 5.15. The largest absolute Gasteiger partial charge is 0.294 e. The second kappa shape index (κ2) is 5.61. The smallest absolute Gasteiger partial charge is 0.0672 e. The van der Waals surface area contributed by atoms with E-state index in [1.807, 2.05) is 0 Å². The van der Waals surface area contributed by atoms with Crippen LogP contribution in [-0.2, 0) is 0 Å². The summed E-state index contributed by atoms with van der Waals surface area (Å²) in [7, 11) is 0. The molecule has 102 valence electrons. The first-order chi connectivity index (χ1) is 8.58. The molecule has 0 spiro atoms. The molecule has 1 saturated carbocycles. The minimum atomic E-state index is 0.274. The lowest BCUT2D eigenvalue weighted by Crippen LogP contribution is -2.50. The van der Waals surface area contributed by atoms with E-state index in [2.05, 4.69) is 31.7 Å². The molecular weight excluding hydrogens is 220 g/mol. The van der Waals surface area contributed by atoms with Gasteiger partial charge in [-0.25, -0.2) is 0 Å². The van der Waals surface area contributed by atoms with Crippen molar-refractivity contribution in [2.45, 2.75) is 77.3 Å². The van der Waals surface area contributed by atoms with E-state index in [9.17, 15) is 5.26 Å². The number of nitrogens with zero attached hydrogens (tertiary/aromatic N) is 2. The van der Waals surface area contributed by atoms with Crippen molar-refractivity contribution in [1.82, 2.24) is 4.90 Å². The Morgan fingerprint density at radius 1 is 1.33 bits per heavy atom. The molecule has 0 bridgehead atoms. The van der Waals surface area contributed by atoms with Gasteiger partial charge in [-0.3, -0.25) is 4.90 Å². The summed E-state index contributed by atoms with van der Waals surface area (Å²) in [5, 5.41) is 9.43. The molecule has 1 aliphatic carbocycles. The highest BCUT2D eigenvalue weighted by Gasteiger charge is 2.42. The molecule has 3 atom stereocenters. The molecule has 2 nitrogen and oxygen atoms in total. The molecule has 18 heavy (non-hydrogen) atoms. The van der Waals surface area contributed by atoms with Gasteiger partial charge in [0.25, 0.3) is 0 Å². The maximum Gasteiger partial charge on any atom is 0.0672 e. The Morgan fingerprint density at radius 2 is 2.11 bits per heavy atom. The third kappa shape index (κ3) is 2.72. The molecule has 1 aliphatic heterocycles. The molecule has 0 amide bonds. The summed E-state index contributed by atoms with van der Waals surface area (Å²) >= 11 is 0. The summed E-state index contributed by atoms with van der Waals surface area (Å²) in [6, 6.07) is 3.12. The number of nitriles is 1. The Balaban J connectivity index is 2.09. The lowest BCUT2D eigenvalue weighted by atomic mass is 9.75. The summed E-state index contributed by atoms with van der Waals surface area (Å²) in [5.74, 6) is 1.14.